The zero-order valence-corrected chi connectivity index (χ0v) is 17.9. The highest BCUT2D eigenvalue weighted by Gasteiger charge is 2.23. The summed E-state index contributed by atoms with van der Waals surface area (Å²) >= 11 is 0. The largest absolute Gasteiger partial charge is 0.382 e. The van der Waals surface area contributed by atoms with Gasteiger partial charge in [0.15, 0.2) is 0 Å². The minimum absolute atomic E-state index is 0.0267. The second kappa shape index (κ2) is 8.00. The summed E-state index contributed by atoms with van der Waals surface area (Å²) in [5.41, 5.74) is 7.10. The Morgan fingerprint density at radius 1 is 0.966 bits per heavy atom. The van der Waals surface area contributed by atoms with Crippen LogP contribution in [0, 0.1) is 0 Å². The lowest BCUT2D eigenvalue weighted by Crippen LogP contribution is -2.39. The standard InChI is InChI=1S/C26H31N3/c1-18-16-17-20-12-8-13-21(24(20)27-18)22-14-9-15-23(28-22)25(29-26(2,3)4)19-10-6-5-7-11-19/h5-15,18,25,27,29H,16-17H2,1-4H3. The molecule has 0 spiro atoms. The van der Waals surface area contributed by atoms with E-state index in [1.807, 2.05) is 0 Å². The van der Waals surface area contributed by atoms with E-state index in [9.17, 15) is 0 Å². The first kappa shape index (κ1) is 19.7. The zero-order chi connectivity index (χ0) is 20.4. The van der Waals surface area contributed by atoms with Crippen LogP contribution in [0.3, 0.4) is 0 Å². The maximum atomic E-state index is 5.13. The number of fused-ring (bicyclic) bond motifs is 1. The monoisotopic (exact) mass is 385 g/mol. The second-order valence-corrected chi connectivity index (χ2v) is 9.11. The van der Waals surface area contributed by atoms with Crippen molar-refractivity contribution in [1.82, 2.24) is 10.3 Å². The van der Waals surface area contributed by atoms with Crippen LogP contribution >= 0.6 is 0 Å². The molecule has 0 fully saturated rings. The number of aryl methyl sites for hydroxylation is 1. The number of nitrogens with zero attached hydrogens (tertiary/aromatic N) is 1. The van der Waals surface area contributed by atoms with Crippen molar-refractivity contribution < 1.29 is 0 Å². The summed E-state index contributed by atoms with van der Waals surface area (Å²) in [6.07, 6.45) is 2.30. The SMILES string of the molecule is CC1CCc2cccc(-c3cccc(C(NC(C)(C)C)c4ccccc4)n3)c2N1. The summed E-state index contributed by atoms with van der Waals surface area (Å²) in [6, 6.07) is 24.1. The van der Waals surface area contributed by atoms with E-state index in [4.69, 9.17) is 4.98 Å². The third-order valence-electron chi connectivity index (χ3n) is 5.44. The quantitative estimate of drug-likeness (QED) is 0.581. The molecule has 1 aliphatic heterocycles. The van der Waals surface area contributed by atoms with Gasteiger partial charge in [-0.3, -0.25) is 4.98 Å². The summed E-state index contributed by atoms with van der Waals surface area (Å²) in [4.78, 5) is 5.13. The van der Waals surface area contributed by atoms with Gasteiger partial charge in [0, 0.05) is 22.8 Å². The van der Waals surface area contributed by atoms with E-state index in [0.29, 0.717) is 6.04 Å². The lowest BCUT2D eigenvalue weighted by atomic mass is 9.94. The van der Waals surface area contributed by atoms with Gasteiger partial charge in [0.05, 0.1) is 17.4 Å². The summed E-state index contributed by atoms with van der Waals surface area (Å²) in [7, 11) is 0. The van der Waals surface area contributed by atoms with Crippen molar-refractivity contribution in [1.29, 1.82) is 0 Å². The number of para-hydroxylation sites is 1. The summed E-state index contributed by atoms with van der Waals surface area (Å²) in [5, 5.41) is 7.45. The number of rotatable bonds is 4. The Bertz CT molecular complexity index is 973. The Morgan fingerprint density at radius 3 is 2.48 bits per heavy atom. The fraction of sp³-hybridized carbons (Fsp3) is 0.346. The lowest BCUT2D eigenvalue weighted by molar-refractivity contribution is 0.387. The molecule has 3 nitrogen and oxygen atoms in total. The predicted octanol–water partition coefficient (Wildman–Crippen LogP) is 5.97. The predicted molar refractivity (Wildman–Crippen MR) is 122 cm³/mol. The molecule has 0 radical (unpaired) electrons. The van der Waals surface area contributed by atoms with Crippen LogP contribution in [0.4, 0.5) is 5.69 Å². The minimum atomic E-state index is -0.0267. The van der Waals surface area contributed by atoms with Gasteiger partial charge in [-0.15, -0.1) is 0 Å². The minimum Gasteiger partial charge on any atom is -0.382 e. The molecule has 150 valence electrons. The second-order valence-electron chi connectivity index (χ2n) is 9.11. The highest BCUT2D eigenvalue weighted by molar-refractivity contribution is 5.79. The summed E-state index contributed by atoms with van der Waals surface area (Å²) in [5.74, 6) is 0. The molecule has 0 bridgehead atoms. The third kappa shape index (κ3) is 4.51. The molecule has 3 aromatic rings. The van der Waals surface area contributed by atoms with Crippen molar-refractivity contribution in [2.45, 2.75) is 58.2 Å². The molecule has 2 N–H and O–H groups in total. The van der Waals surface area contributed by atoms with Crippen LogP contribution in [0.15, 0.2) is 66.7 Å². The van der Waals surface area contributed by atoms with Gasteiger partial charge >= 0.3 is 0 Å². The Hall–Kier alpha value is -2.65. The summed E-state index contributed by atoms with van der Waals surface area (Å²) in [6.45, 7) is 8.85. The Morgan fingerprint density at radius 2 is 1.72 bits per heavy atom. The first-order valence-electron chi connectivity index (χ1n) is 10.6. The number of pyridine rings is 1. The molecule has 3 heteroatoms. The van der Waals surface area contributed by atoms with Gasteiger partial charge < -0.3 is 10.6 Å². The number of hydrogen-bond acceptors (Lipinski definition) is 3. The van der Waals surface area contributed by atoms with Gasteiger partial charge in [-0.05, 0) is 63.8 Å². The van der Waals surface area contributed by atoms with Crippen LogP contribution in [-0.2, 0) is 6.42 Å². The van der Waals surface area contributed by atoms with Crippen molar-refractivity contribution in [2.75, 3.05) is 5.32 Å². The van der Waals surface area contributed by atoms with E-state index in [1.54, 1.807) is 0 Å². The average molecular weight is 386 g/mol. The van der Waals surface area contributed by atoms with Crippen LogP contribution in [0.1, 0.15) is 57.0 Å². The van der Waals surface area contributed by atoms with Crippen LogP contribution in [0.5, 0.6) is 0 Å². The molecule has 4 rings (SSSR count). The van der Waals surface area contributed by atoms with E-state index in [2.05, 4.69) is 105 Å². The molecule has 2 heterocycles. The smallest absolute Gasteiger partial charge is 0.0755 e. The lowest BCUT2D eigenvalue weighted by Gasteiger charge is -2.29. The van der Waals surface area contributed by atoms with Gasteiger partial charge in [0.25, 0.3) is 0 Å². The Labute approximate surface area is 174 Å². The molecule has 29 heavy (non-hydrogen) atoms. The molecular weight excluding hydrogens is 354 g/mol. The molecule has 2 atom stereocenters. The van der Waals surface area contributed by atoms with Crippen LogP contribution in [-0.4, -0.2) is 16.6 Å². The van der Waals surface area contributed by atoms with Crippen LogP contribution in [0.2, 0.25) is 0 Å². The molecule has 0 saturated carbocycles. The number of benzene rings is 2. The van der Waals surface area contributed by atoms with Gasteiger partial charge in [0.2, 0.25) is 0 Å². The van der Waals surface area contributed by atoms with E-state index in [-0.39, 0.29) is 11.6 Å². The van der Waals surface area contributed by atoms with Gasteiger partial charge in [0.1, 0.15) is 0 Å². The van der Waals surface area contributed by atoms with Crippen LogP contribution in [0.25, 0.3) is 11.3 Å². The van der Waals surface area contributed by atoms with E-state index >= 15 is 0 Å². The molecule has 2 aromatic carbocycles. The fourth-order valence-electron chi connectivity index (χ4n) is 4.05. The maximum absolute atomic E-state index is 5.13. The van der Waals surface area contributed by atoms with Gasteiger partial charge in [-0.25, -0.2) is 0 Å². The van der Waals surface area contributed by atoms with E-state index in [0.717, 1.165) is 17.8 Å². The Balaban J connectivity index is 1.77. The van der Waals surface area contributed by atoms with Crippen molar-refractivity contribution >= 4 is 5.69 Å². The topological polar surface area (TPSA) is 37.0 Å². The van der Waals surface area contributed by atoms with E-state index in [1.165, 1.54) is 28.8 Å². The molecule has 0 aliphatic carbocycles. The number of nitrogens with one attached hydrogen (secondary N) is 2. The molecule has 1 aliphatic rings. The molecule has 0 saturated heterocycles. The number of aromatic nitrogens is 1. The average Bonchev–Trinajstić information content (AvgIpc) is 2.71. The highest BCUT2D eigenvalue weighted by Crippen LogP contribution is 2.35. The normalized spacial score (nSPS) is 17.3. The molecular formula is C26H31N3. The number of anilines is 1. The Kier molecular flexibility index (Phi) is 5.42. The molecule has 1 aromatic heterocycles. The molecule has 0 amide bonds. The van der Waals surface area contributed by atoms with E-state index < -0.39 is 0 Å². The van der Waals surface area contributed by atoms with Crippen LogP contribution < -0.4 is 10.6 Å². The summed E-state index contributed by atoms with van der Waals surface area (Å²) < 4.78 is 0. The van der Waals surface area contributed by atoms with Crippen molar-refractivity contribution in [2.24, 2.45) is 0 Å². The van der Waals surface area contributed by atoms with Gasteiger partial charge in [-0.1, -0.05) is 54.6 Å². The van der Waals surface area contributed by atoms with Crippen molar-refractivity contribution in [3.63, 3.8) is 0 Å². The van der Waals surface area contributed by atoms with Gasteiger partial charge in [-0.2, -0.15) is 0 Å². The first-order chi connectivity index (χ1) is 13.9. The van der Waals surface area contributed by atoms with Crippen molar-refractivity contribution in [3.05, 3.63) is 83.6 Å². The third-order valence-corrected chi connectivity index (χ3v) is 5.44. The first-order valence-corrected chi connectivity index (χ1v) is 10.6. The zero-order valence-electron chi connectivity index (χ0n) is 17.9. The van der Waals surface area contributed by atoms with Crippen molar-refractivity contribution in [3.8, 4) is 11.3 Å². The number of hydrogen-bond donors (Lipinski definition) is 2. The highest BCUT2D eigenvalue weighted by atomic mass is 15.0. The maximum Gasteiger partial charge on any atom is 0.0755 e. The molecule has 2 unspecified atom stereocenters. The fourth-order valence-corrected chi connectivity index (χ4v) is 4.05.